The van der Waals surface area contributed by atoms with E-state index in [1.807, 2.05) is 53.1 Å². The zero-order valence-electron chi connectivity index (χ0n) is 18.4. The fraction of sp³-hybridized carbons (Fsp3) is 0.458. The largest absolute Gasteiger partial charge is 0.497 e. The molecule has 4 rings (SSSR count). The van der Waals surface area contributed by atoms with Gasteiger partial charge in [0.2, 0.25) is 5.91 Å². The van der Waals surface area contributed by atoms with Gasteiger partial charge in [-0.15, -0.1) is 10.2 Å². The molecule has 7 nitrogen and oxygen atoms in total. The zero-order valence-corrected chi connectivity index (χ0v) is 18.4. The van der Waals surface area contributed by atoms with E-state index < -0.39 is 5.41 Å². The molecule has 1 unspecified atom stereocenters. The first-order valence-corrected chi connectivity index (χ1v) is 10.9. The Bertz CT molecular complexity index is 1020. The number of methoxy groups -OCH3 is 1. The second-order valence-electron chi connectivity index (χ2n) is 8.57. The van der Waals surface area contributed by atoms with E-state index in [2.05, 4.69) is 29.4 Å². The molecule has 0 aliphatic carbocycles. The fourth-order valence-electron chi connectivity index (χ4n) is 4.37. The lowest BCUT2D eigenvalue weighted by Gasteiger charge is -2.37. The van der Waals surface area contributed by atoms with Crippen LogP contribution in [0.3, 0.4) is 0 Å². The summed E-state index contributed by atoms with van der Waals surface area (Å²) in [6.07, 6.45) is 3.99. The van der Waals surface area contributed by atoms with Crippen molar-refractivity contribution >= 4 is 11.6 Å². The number of nitrogens with zero attached hydrogens (tertiary/aromatic N) is 3. The molecule has 7 heteroatoms. The average Bonchev–Trinajstić information content (AvgIpc) is 3.23. The van der Waals surface area contributed by atoms with Gasteiger partial charge < -0.3 is 14.8 Å². The summed E-state index contributed by atoms with van der Waals surface area (Å²) in [4.78, 5) is 13.8. The molecule has 1 N–H and O–H groups in total. The summed E-state index contributed by atoms with van der Waals surface area (Å²) < 4.78 is 12.9. The molecule has 0 saturated carbocycles. The van der Waals surface area contributed by atoms with E-state index in [1.165, 1.54) is 0 Å². The van der Waals surface area contributed by atoms with Crippen molar-refractivity contribution in [2.75, 3.05) is 20.3 Å². The SMILES string of the molecule is COc1ccc(C2(C(=O)NC(CC(C)C)c3nnc4ccccn34)CCOCC2)cc1. The quantitative estimate of drug-likeness (QED) is 0.628. The van der Waals surface area contributed by atoms with Crippen molar-refractivity contribution in [2.45, 2.75) is 44.6 Å². The molecule has 1 fully saturated rings. The molecular weight excluding hydrogens is 392 g/mol. The van der Waals surface area contributed by atoms with Crippen molar-refractivity contribution in [3.63, 3.8) is 0 Å². The number of hydrogen-bond donors (Lipinski definition) is 1. The smallest absolute Gasteiger partial charge is 0.231 e. The fourth-order valence-corrected chi connectivity index (χ4v) is 4.37. The highest BCUT2D eigenvalue weighted by molar-refractivity contribution is 5.88. The highest BCUT2D eigenvalue weighted by Crippen LogP contribution is 2.37. The van der Waals surface area contributed by atoms with Crippen LogP contribution in [0.2, 0.25) is 0 Å². The van der Waals surface area contributed by atoms with E-state index in [9.17, 15) is 4.79 Å². The second-order valence-corrected chi connectivity index (χ2v) is 8.57. The Kier molecular flexibility index (Phi) is 6.23. The van der Waals surface area contributed by atoms with Crippen LogP contribution in [0.15, 0.2) is 48.7 Å². The first-order valence-electron chi connectivity index (χ1n) is 10.9. The summed E-state index contributed by atoms with van der Waals surface area (Å²) in [5.41, 5.74) is 1.13. The van der Waals surface area contributed by atoms with E-state index in [-0.39, 0.29) is 11.9 Å². The molecule has 0 radical (unpaired) electrons. The summed E-state index contributed by atoms with van der Waals surface area (Å²) >= 11 is 0. The normalized spacial score (nSPS) is 16.9. The summed E-state index contributed by atoms with van der Waals surface area (Å²) in [5.74, 6) is 1.93. The molecule has 3 aromatic rings. The molecule has 0 spiro atoms. The van der Waals surface area contributed by atoms with Gasteiger partial charge in [-0.3, -0.25) is 9.20 Å². The molecule has 0 bridgehead atoms. The summed E-state index contributed by atoms with van der Waals surface area (Å²) in [6.45, 7) is 5.41. The highest BCUT2D eigenvalue weighted by Gasteiger charge is 2.43. The van der Waals surface area contributed by atoms with Gasteiger partial charge >= 0.3 is 0 Å². The number of amides is 1. The van der Waals surface area contributed by atoms with Crippen molar-refractivity contribution in [3.05, 3.63) is 60.0 Å². The van der Waals surface area contributed by atoms with Gasteiger partial charge in [-0.1, -0.05) is 32.0 Å². The lowest BCUT2D eigenvalue weighted by molar-refractivity contribution is -0.131. The molecule has 1 aromatic carbocycles. The number of benzene rings is 1. The molecule has 164 valence electrons. The standard InChI is InChI=1S/C24H30N4O3/c1-17(2)16-20(22-27-26-21-6-4-5-13-28(21)22)25-23(29)24(11-14-31-15-12-24)18-7-9-19(30-3)10-8-18/h4-10,13,17,20H,11-12,14-16H2,1-3H3,(H,25,29). The van der Waals surface area contributed by atoms with Crippen molar-refractivity contribution in [2.24, 2.45) is 5.92 Å². The van der Waals surface area contributed by atoms with Crippen molar-refractivity contribution < 1.29 is 14.3 Å². The van der Waals surface area contributed by atoms with Gasteiger partial charge in [0.15, 0.2) is 11.5 Å². The third kappa shape index (κ3) is 4.28. The Hall–Kier alpha value is -2.93. The first kappa shape index (κ1) is 21.3. The minimum absolute atomic E-state index is 0.0132. The van der Waals surface area contributed by atoms with E-state index in [0.717, 1.165) is 29.2 Å². The number of pyridine rings is 1. The van der Waals surface area contributed by atoms with Gasteiger partial charge in [0.05, 0.1) is 18.6 Å². The topological polar surface area (TPSA) is 77.8 Å². The molecule has 2 aromatic heterocycles. The monoisotopic (exact) mass is 422 g/mol. The second kappa shape index (κ2) is 9.06. The molecule has 3 heterocycles. The third-order valence-corrected chi connectivity index (χ3v) is 6.09. The van der Waals surface area contributed by atoms with Crippen LogP contribution >= 0.6 is 0 Å². The number of hydrogen-bond acceptors (Lipinski definition) is 5. The summed E-state index contributed by atoms with van der Waals surface area (Å²) in [5, 5.41) is 12.0. The Morgan fingerprint density at radius 1 is 1.16 bits per heavy atom. The van der Waals surface area contributed by atoms with Gasteiger partial charge in [-0.2, -0.15) is 0 Å². The van der Waals surface area contributed by atoms with E-state index in [0.29, 0.717) is 32.0 Å². The van der Waals surface area contributed by atoms with Crippen LogP contribution in [0.5, 0.6) is 5.75 Å². The summed E-state index contributed by atoms with van der Waals surface area (Å²) in [6, 6.07) is 13.4. The molecule has 31 heavy (non-hydrogen) atoms. The molecule has 1 aliphatic rings. The van der Waals surface area contributed by atoms with Crippen molar-refractivity contribution in [1.29, 1.82) is 0 Å². The van der Waals surface area contributed by atoms with Crippen LogP contribution in [0.25, 0.3) is 5.65 Å². The van der Waals surface area contributed by atoms with Crippen LogP contribution in [-0.4, -0.2) is 40.8 Å². The minimum atomic E-state index is -0.639. The van der Waals surface area contributed by atoms with Crippen LogP contribution in [0.4, 0.5) is 0 Å². The Balaban J connectivity index is 1.67. The number of ether oxygens (including phenoxy) is 2. The Labute approximate surface area is 182 Å². The molecular formula is C24H30N4O3. The molecule has 1 aliphatic heterocycles. The Morgan fingerprint density at radius 3 is 2.58 bits per heavy atom. The van der Waals surface area contributed by atoms with Crippen LogP contribution < -0.4 is 10.1 Å². The van der Waals surface area contributed by atoms with Gasteiger partial charge in [0.25, 0.3) is 0 Å². The zero-order chi connectivity index (χ0) is 21.8. The number of carbonyl (C=O) groups is 1. The molecule has 1 atom stereocenters. The molecule has 1 saturated heterocycles. The summed E-state index contributed by atoms with van der Waals surface area (Å²) in [7, 11) is 1.64. The number of aromatic nitrogens is 3. The van der Waals surface area contributed by atoms with Crippen molar-refractivity contribution in [3.8, 4) is 5.75 Å². The lowest BCUT2D eigenvalue weighted by atomic mass is 9.73. The first-order chi connectivity index (χ1) is 15.0. The van der Waals surface area contributed by atoms with Crippen molar-refractivity contribution in [1.82, 2.24) is 19.9 Å². The minimum Gasteiger partial charge on any atom is -0.497 e. The van der Waals surface area contributed by atoms with Gasteiger partial charge in [-0.05, 0) is 55.0 Å². The maximum absolute atomic E-state index is 13.8. The highest BCUT2D eigenvalue weighted by atomic mass is 16.5. The number of nitrogens with one attached hydrogen (secondary N) is 1. The third-order valence-electron chi connectivity index (χ3n) is 6.09. The van der Waals surface area contributed by atoms with Crippen LogP contribution in [-0.2, 0) is 14.9 Å². The number of fused-ring (bicyclic) bond motifs is 1. The number of carbonyl (C=O) groups excluding carboxylic acids is 1. The van der Waals surface area contributed by atoms with Crippen LogP contribution in [0.1, 0.15) is 50.5 Å². The Morgan fingerprint density at radius 2 is 1.90 bits per heavy atom. The van der Waals surface area contributed by atoms with Crippen LogP contribution in [0, 0.1) is 5.92 Å². The van der Waals surface area contributed by atoms with Gasteiger partial charge in [0, 0.05) is 19.4 Å². The predicted octanol–water partition coefficient (Wildman–Crippen LogP) is 3.69. The maximum Gasteiger partial charge on any atom is 0.231 e. The van der Waals surface area contributed by atoms with E-state index in [1.54, 1.807) is 7.11 Å². The maximum atomic E-state index is 13.8. The predicted molar refractivity (Wildman–Crippen MR) is 118 cm³/mol. The van der Waals surface area contributed by atoms with Gasteiger partial charge in [-0.25, -0.2) is 0 Å². The van der Waals surface area contributed by atoms with E-state index >= 15 is 0 Å². The van der Waals surface area contributed by atoms with Gasteiger partial charge in [0.1, 0.15) is 5.75 Å². The average molecular weight is 423 g/mol. The number of rotatable bonds is 7. The lowest BCUT2D eigenvalue weighted by Crippen LogP contribution is -2.49. The van der Waals surface area contributed by atoms with E-state index in [4.69, 9.17) is 9.47 Å². The molecule has 1 amide bonds.